The number of ether oxygens (including phenoxy) is 1. The maximum atomic E-state index is 13.1. The van der Waals surface area contributed by atoms with E-state index < -0.39 is 47.3 Å². The number of halogens is 5. The monoisotopic (exact) mass is 284 g/mol. The average Bonchev–Trinajstić information content (AvgIpc) is 2.41. The van der Waals surface area contributed by atoms with Gasteiger partial charge < -0.3 is 4.74 Å². The van der Waals surface area contributed by atoms with E-state index in [2.05, 4.69) is 4.74 Å². The van der Waals surface area contributed by atoms with Crippen LogP contribution in [0, 0.1) is 29.1 Å². The van der Waals surface area contributed by atoms with Gasteiger partial charge in [0, 0.05) is 6.42 Å². The second-order valence-corrected chi connectivity index (χ2v) is 3.42. The summed E-state index contributed by atoms with van der Waals surface area (Å²) in [5.41, 5.74) is 1.80. The van der Waals surface area contributed by atoms with Crippen LogP contribution >= 0.6 is 0 Å². The van der Waals surface area contributed by atoms with Crippen molar-refractivity contribution < 1.29 is 31.5 Å². The summed E-state index contributed by atoms with van der Waals surface area (Å²) >= 11 is 0. The summed E-state index contributed by atoms with van der Waals surface area (Å²) in [5.74, 6) is -7.71. The summed E-state index contributed by atoms with van der Waals surface area (Å²) in [4.78, 5) is 10.7. The van der Waals surface area contributed by atoms with Crippen molar-refractivity contribution in [2.24, 2.45) is 5.84 Å². The van der Waals surface area contributed by atoms with Crippen LogP contribution < -0.4 is 16.0 Å². The Morgan fingerprint density at radius 2 is 1.47 bits per heavy atom. The highest BCUT2D eigenvalue weighted by Gasteiger charge is 2.26. The van der Waals surface area contributed by atoms with Crippen LogP contribution in [0.2, 0.25) is 0 Å². The Morgan fingerprint density at radius 1 is 1.00 bits per heavy atom. The number of benzene rings is 1. The average molecular weight is 284 g/mol. The second-order valence-electron chi connectivity index (χ2n) is 3.42. The minimum atomic E-state index is -2.26. The number of carbonyl (C=O) groups excluding carboxylic acids is 1. The quantitative estimate of drug-likeness (QED) is 0.164. The number of hydrogen-bond acceptors (Lipinski definition) is 3. The van der Waals surface area contributed by atoms with Crippen molar-refractivity contribution in [1.82, 2.24) is 5.43 Å². The van der Waals surface area contributed by atoms with E-state index in [1.54, 1.807) is 5.43 Å². The van der Waals surface area contributed by atoms with Crippen LogP contribution in [0.5, 0.6) is 5.75 Å². The topological polar surface area (TPSA) is 64.3 Å². The van der Waals surface area contributed by atoms with Crippen molar-refractivity contribution in [1.29, 1.82) is 0 Å². The summed E-state index contributed by atoms with van der Waals surface area (Å²) in [6, 6.07) is 0. The van der Waals surface area contributed by atoms with Gasteiger partial charge in [0.15, 0.2) is 5.75 Å². The summed E-state index contributed by atoms with van der Waals surface area (Å²) in [5, 5.41) is 0. The summed E-state index contributed by atoms with van der Waals surface area (Å²) in [6.07, 6.45) is -0.131. The van der Waals surface area contributed by atoms with Crippen molar-refractivity contribution in [3.8, 4) is 5.75 Å². The van der Waals surface area contributed by atoms with Gasteiger partial charge in [-0.3, -0.25) is 10.2 Å². The van der Waals surface area contributed by atoms with Crippen LogP contribution in [-0.2, 0) is 4.79 Å². The van der Waals surface area contributed by atoms with E-state index in [-0.39, 0.29) is 12.8 Å². The van der Waals surface area contributed by atoms with Crippen molar-refractivity contribution in [3.63, 3.8) is 0 Å². The molecule has 1 aromatic rings. The minimum Gasteiger partial charge on any atom is -0.487 e. The van der Waals surface area contributed by atoms with Crippen LogP contribution in [0.1, 0.15) is 12.8 Å². The highest BCUT2D eigenvalue weighted by Crippen LogP contribution is 2.29. The zero-order chi connectivity index (χ0) is 14.6. The Morgan fingerprint density at radius 3 is 1.95 bits per heavy atom. The lowest BCUT2D eigenvalue weighted by atomic mass is 10.2. The molecule has 1 aromatic carbocycles. The van der Waals surface area contributed by atoms with Crippen LogP contribution in [0.25, 0.3) is 0 Å². The molecule has 0 aromatic heterocycles. The zero-order valence-electron chi connectivity index (χ0n) is 9.40. The second kappa shape index (κ2) is 6.32. The third kappa shape index (κ3) is 3.31. The van der Waals surface area contributed by atoms with E-state index in [9.17, 15) is 26.7 Å². The molecule has 1 rings (SSSR count). The molecule has 0 bridgehead atoms. The maximum Gasteiger partial charge on any atom is 0.234 e. The number of hydrazine groups is 1. The molecule has 0 unspecified atom stereocenters. The number of hydrogen-bond donors (Lipinski definition) is 2. The van der Waals surface area contributed by atoms with Crippen LogP contribution in [0.4, 0.5) is 22.0 Å². The Hall–Kier alpha value is -1.90. The molecule has 9 heteroatoms. The number of nitrogens with one attached hydrogen (secondary N) is 1. The molecule has 0 saturated carbocycles. The number of amides is 1. The Balaban J connectivity index is 2.77. The Labute approximate surface area is 104 Å². The van der Waals surface area contributed by atoms with Gasteiger partial charge in [0.25, 0.3) is 0 Å². The SMILES string of the molecule is NNC(=O)CCCOc1c(F)c(F)c(F)c(F)c1F. The molecule has 0 atom stereocenters. The first kappa shape index (κ1) is 15.2. The molecule has 0 aliphatic carbocycles. The third-order valence-electron chi connectivity index (χ3n) is 2.13. The zero-order valence-corrected chi connectivity index (χ0v) is 9.40. The summed E-state index contributed by atoms with van der Waals surface area (Å²) in [6.45, 7) is -0.411. The molecule has 19 heavy (non-hydrogen) atoms. The fourth-order valence-corrected chi connectivity index (χ4v) is 1.19. The van der Waals surface area contributed by atoms with Gasteiger partial charge in [-0.15, -0.1) is 0 Å². The standard InChI is InChI=1S/C10H9F5N2O2/c11-5-6(12)8(14)10(9(15)7(5)13)19-3-1-2-4(18)17-16/h1-3,16H2,(H,17,18). The van der Waals surface area contributed by atoms with E-state index in [4.69, 9.17) is 5.84 Å². The maximum absolute atomic E-state index is 13.1. The molecule has 0 fully saturated rings. The highest BCUT2D eigenvalue weighted by molar-refractivity contribution is 5.75. The molecular formula is C10H9F5N2O2. The molecule has 0 radical (unpaired) electrons. The molecule has 0 aliphatic heterocycles. The molecule has 4 nitrogen and oxygen atoms in total. The lowest BCUT2D eigenvalue weighted by molar-refractivity contribution is -0.121. The molecule has 0 aliphatic rings. The van der Waals surface area contributed by atoms with Gasteiger partial charge in [0.05, 0.1) is 6.61 Å². The van der Waals surface area contributed by atoms with Gasteiger partial charge in [0.1, 0.15) is 0 Å². The van der Waals surface area contributed by atoms with Gasteiger partial charge >= 0.3 is 0 Å². The number of rotatable bonds is 5. The van der Waals surface area contributed by atoms with Gasteiger partial charge in [-0.2, -0.15) is 8.78 Å². The Kier molecular flexibility index (Phi) is 5.04. The first-order chi connectivity index (χ1) is 8.90. The smallest absolute Gasteiger partial charge is 0.234 e. The first-order valence-electron chi connectivity index (χ1n) is 5.03. The van der Waals surface area contributed by atoms with E-state index in [1.165, 1.54) is 0 Å². The summed E-state index contributed by atoms with van der Waals surface area (Å²) < 4.78 is 68.9. The van der Waals surface area contributed by atoms with Crippen molar-refractivity contribution in [3.05, 3.63) is 29.1 Å². The van der Waals surface area contributed by atoms with Crippen molar-refractivity contribution in [2.75, 3.05) is 6.61 Å². The molecule has 0 saturated heterocycles. The molecule has 3 N–H and O–H groups in total. The van der Waals surface area contributed by atoms with Gasteiger partial charge in [-0.1, -0.05) is 0 Å². The molecule has 0 spiro atoms. The van der Waals surface area contributed by atoms with Crippen LogP contribution in [-0.4, -0.2) is 12.5 Å². The third-order valence-corrected chi connectivity index (χ3v) is 2.13. The molecule has 106 valence electrons. The van der Waals surface area contributed by atoms with E-state index >= 15 is 0 Å². The Bertz CT molecular complexity index is 466. The van der Waals surface area contributed by atoms with Crippen molar-refractivity contribution in [2.45, 2.75) is 12.8 Å². The molecule has 1 amide bonds. The normalized spacial score (nSPS) is 10.4. The largest absolute Gasteiger partial charge is 0.487 e. The summed E-state index contributed by atoms with van der Waals surface area (Å²) in [7, 11) is 0. The number of carbonyl (C=O) groups is 1. The van der Waals surface area contributed by atoms with Gasteiger partial charge in [-0.05, 0) is 6.42 Å². The fraction of sp³-hybridized carbons (Fsp3) is 0.300. The first-order valence-corrected chi connectivity index (χ1v) is 5.03. The predicted molar refractivity (Wildman–Crippen MR) is 53.3 cm³/mol. The number of nitrogens with two attached hydrogens (primary N) is 1. The fourth-order valence-electron chi connectivity index (χ4n) is 1.19. The van der Waals surface area contributed by atoms with E-state index in [0.717, 1.165) is 0 Å². The van der Waals surface area contributed by atoms with Crippen LogP contribution in [0.3, 0.4) is 0 Å². The van der Waals surface area contributed by atoms with Gasteiger partial charge in [-0.25, -0.2) is 19.0 Å². The van der Waals surface area contributed by atoms with Crippen LogP contribution in [0.15, 0.2) is 0 Å². The van der Waals surface area contributed by atoms with E-state index in [0.29, 0.717) is 0 Å². The predicted octanol–water partition coefficient (Wildman–Crippen LogP) is 1.53. The van der Waals surface area contributed by atoms with Crippen molar-refractivity contribution >= 4 is 5.91 Å². The molecular weight excluding hydrogens is 275 g/mol. The van der Waals surface area contributed by atoms with Gasteiger partial charge in [0.2, 0.25) is 35.0 Å². The minimum absolute atomic E-state index is 0.0114. The highest BCUT2D eigenvalue weighted by atomic mass is 19.2. The van der Waals surface area contributed by atoms with E-state index in [1.807, 2.05) is 0 Å². The lowest BCUT2D eigenvalue weighted by Crippen LogP contribution is -2.30. The lowest BCUT2D eigenvalue weighted by Gasteiger charge is -2.09. The molecule has 0 heterocycles.